The summed E-state index contributed by atoms with van der Waals surface area (Å²) < 4.78 is 15.8. The second-order valence-corrected chi connectivity index (χ2v) is 3.28. The quantitative estimate of drug-likeness (QED) is 0.513. The van der Waals surface area contributed by atoms with Gasteiger partial charge in [0, 0.05) is 32.2 Å². The van der Waals surface area contributed by atoms with Crippen LogP contribution in [0.4, 0.5) is 0 Å². The van der Waals surface area contributed by atoms with E-state index in [4.69, 9.17) is 14.0 Å². The van der Waals surface area contributed by atoms with Crippen LogP contribution in [0.3, 0.4) is 0 Å². The first kappa shape index (κ1) is 13.2. The lowest BCUT2D eigenvalue weighted by Gasteiger charge is -2.16. The zero-order chi connectivity index (χ0) is 11.6. The van der Waals surface area contributed by atoms with E-state index < -0.39 is 0 Å². The van der Waals surface area contributed by atoms with Gasteiger partial charge >= 0.3 is 0 Å². The van der Waals surface area contributed by atoms with Crippen molar-refractivity contribution in [2.24, 2.45) is 0 Å². The van der Waals surface area contributed by atoms with Crippen LogP contribution >= 0.6 is 0 Å². The molecule has 5 nitrogen and oxygen atoms in total. The van der Waals surface area contributed by atoms with Crippen molar-refractivity contribution in [3.05, 3.63) is 18.0 Å². The Hall–Kier alpha value is -0.910. The normalized spacial score (nSPS) is 11.2. The zero-order valence-corrected chi connectivity index (χ0v) is 9.94. The van der Waals surface area contributed by atoms with Gasteiger partial charge in [0.25, 0.3) is 0 Å². The highest BCUT2D eigenvalue weighted by molar-refractivity contribution is 4.91. The molecule has 0 saturated heterocycles. The van der Waals surface area contributed by atoms with Crippen LogP contribution in [-0.4, -0.2) is 31.2 Å². The fourth-order valence-electron chi connectivity index (χ4n) is 1.35. The van der Waals surface area contributed by atoms with Gasteiger partial charge in [-0.3, -0.25) is 0 Å². The summed E-state index contributed by atoms with van der Waals surface area (Å²) in [4.78, 5) is 0. The molecule has 0 aromatic carbocycles. The van der Waals surface area contributed by atoms with E-state index >= 15 is 0 Å². The Morgan fingerprint density at radius 1 is 1.38 bits per heavy atom. The molecule has 1 aromatic heterocycles. The lowest BCUT2D eigenvalue weighted by Crippen LogP contribution is -2.24. The van der Waals surface area contributed by atoms with E-state index in [0.29, 0.717) is 19.8 Å². The highest BCUT2D eigenvalue weighted by Crippen LogP contribution is 2.01. The number of nitrogens with zero attached hydrogens (tertiary/aromatic N) is 1. The molecule has 0 fully saturated rings. The second-order valence-electron chi connectivity index (χ2n) is 3.28. The number of hydrogen-bond acceptors (Lipinski definition) is 5. The van der Waals surface area contributed by atoms with Crippen molar-refractivity contribution in [3.8, 4) is 0 Å². The predicted molar refractivity (Wildman–Crippen MR) is 59.9 cm³/mol. The molecule has 1 N–H and O–H groups in total. The van der Waals surface area contributed by atoms with Crippen LogP contribution in [0.25, 0.3) is 0 Å². The first-order valence-electron chi connectivity index (χ1n) is 5.70. The molecule has 0 saturated carbocycles. The maximum absolute atomic E-state index is 5.42. The minimum absolute atomic E-state index is 0.114. The van der Waals surface area contributed by atoms with E-state index in [1.165, 1.54) is 0 Å². The standard InChI is InChI=1S/C11H20N2O3/c1-3-14-11(15-4-2)6-7-12-9-10-5-8-13-16-10/h5,8,11-12H,3-4,6-7,9H2,1-2H3. The third kappa shape index (κ3) is 5.25. The maximum Gasteiger partial charge on any atom is 0.158 e. The van der Waals surface area contributed by atoms with Crippen LogP contribution in [0.15, 0.2) is 16.8 Å². The molecule has 1 rings (SSSR count). The summed E-state index contributed by atoms with van der Waals surface area (Å²) in [5.74, 6) is 0.837. The average molecular weight is 228 g/mol. The molecule has 0 aliphatic carbocycles. The number of aromatic nitrogens is 1. The van der Waals surface area contributed by atoms with E-state index in [-0.39, 0.29) is 6.29 Å². The van der Waals surface area contributed by atoms with Crippen molar-refractivity contribution >= 4 is 0 Å². The van der Waals surface area contributed by atoms with E-state index in [1.54, 1.807) is 6.20 Å². The molecule has 0 amide bonds. The summed E-state index contributed by atoms with van der Waals surface area (Å²) in [6.07, 6.45) is 2.35. The Morgan fingerprint density at radius 3 is 2.69 bits per heavy atom. The summed E-state index contributed by atoms with van der Waals surface area (Å²) in [5, 5.41) is 6.87. The molecule has 0 radical (unpaired) electrons. The number of nitrogens with one attached hydrogen (secondary N) is 1. The molecule has 0 spiro atoms. The third-order valence-electron chi connectivity index (χ3n) is 2.05. The van der Waals surface area contributed by atoms with Crippen molar-refractivity contribution in [2.75, 3.05) is 19.8 Å². The predicted octanol–water partition coefficient (Wildman–Crippen LogP) is 1.55. The minimum atomic E-state index is -0.114. The van der Waals surface area contributed by atoms with E-state index in [9.17, 15) is 0 Å². The Morgan fingerprint density at radius 2 is 2.12 bits per heavy atom. The van der Waals surface area contributed by atoms with Gasteiger partial charge in [-0.2, -0.15) is 0 Å². The topological polar surface area (TPSA) is 56.5 Å². The lowest BCUT2D eigenvalue weighted by atomic mass is 10.4. The molecule has 1 aromatic rings. The van der Waals surface area contributed by atoms with Crippen molar-refractivity contribution in [1.82, 2.24) is 10.5 Å². The second kappa shape index (κ2) is 8.27. The fraction of sp³-hybridized carbons (Fsp3) is 0.727. The molecule has 0 unspecified atom stereocenters. The summed E-state index contributed by atoms with van der Waals surface area (Å²) in [7, 11) is 0. The molecule has 0 aliphatic heterocycles. The van der Waals surface area contributed by atoms with Gasteiger partial charge < -0.3 is 19.3 Å². The largest absolute Gasteiger partial charge is 0.360 e. The van der Waals surface area contributed by atoms with Gasteiger partial charge in [0.2, 0.25) is 0 Å². The molecular formula is C11H20N2O3. The fourth-order valence-corrected chi connectivity index (χ4v) is 1.35. The Balaban J connectivity index is 2.08. The third-order valence-corrected chi connectivity index (χ3v) is 2.05. The Bertz CT molecular complexity index is 246. The van der Waals surface area contributed by atoms with Crippen LogP contribution in [0.2, 0.25) is 0 Å². The van der Waals surface area contributed by atoms with Crippen molar-refractivity contribution in [1.29, 1.82) is 0 Å². The summed E-state index contributed by atoms with van der Waals surface area (Å²) in [6.45, 7) is 6.79. The number of rotatable bonds is 9. The smallest absolute Gasteiger partial charge is 0.158 e. The molecule has 0 bridgehead atoms. The number of hydrogen-bond donors (Lipinski definition) is 1. The summed E-state index contributed by atoms with van der Waals surface area (Å²) in [6, 6.07) is 1.84. The van der Waals surface area contributed by atoms with Crippen LogP contribution in [0.1, 0.15) is 26.0 Å². The van der Waals surface area contributed by atoms with Crippen LogP contribution < -0.4 is 5.32 Å². The molecular weight excluding hydrogens is 208 g/mol. The van der Waals surface area contributed by atoms with Gasteiger partial charge in [0.05, 0.1) is 12.7 Å². The van der Waals surface area contributed by atoms with Crippen LogP contribution in [0, 0.1) is 0 Å². The average Bonchev–Trinajstić information content (AvgIpc) is 2.78. The van der Waals surface area contributed by atoms with Gasteiger partial charge in [-0.15, -0.1) is 0 Å². The van der Waals surface area contributed by atoms with Gasteiger partial charge in [0.15, 0.2) is 6.29 Å². The maximum atomic E-state index is 5.42. The summed E-state index contributed by atoms with van der Waals surface area (Å²) >= 11 is 0. The van der Waals surface area contributed by atoms with Crippen LogP contribution in [0.5, 0.6) is 0 Å². The SMILES string of the molecule is CCOC(CCNCc1ccno1)OCC. The number of ether oxygens (including phenoxy) is 2. The van der Waals surface area contributed by atoms with Crippen molar-refractivity contribution in [3.63, 3.8) is 0 Å². The summed E-state index contributed by atoms with van der Waals surface area (Å²) in [5.41, 5.74) is 0. The van der Waals surface area contributed by atoms with Crippen molar-refractivity contribution in [2.45, 2.75) is 33.1 Å². The highest BCUT2D eigenvalue weighted by Gasteiger charge is 2.06. The van der Waals surface area contributed by atoms with E-state index in [1.807, 2.05) is 19.9 Å². The zero-order valence-electron chi connectivity index (χ0n) is 9.94. The monoisotopic (exact) mass is 228 g/mol. The van der Waals surface area contributed by atoms with Crippen molar-refractivity contribution < 1.29 is 14.0 Å². The van der Waals surface area contributed by atoms with Gasteiger partial charge in [-0.25, -0.2) is 0 Å². The molecule has 92 valence electrons. The van der Waals surface area contributed by atoms with E-state index in [0.717, 1.165) is 18.7 Å². The van der Waals surface area contributed by atoms with Gasteiger partial charge in [-0.05, 0) is 13.8 Å². The Labute approximate surface area is 96.1 Å². The van der Waals surface area contributed by atoms with E-state index in [2.05, 4.69) is 10.5 Å². The molecule has 0 aliphatic rings. The molecule has 5 heteroatoms. The van der Waals surface area contributed by atoms with Crippen LogP contribution in [-0.2, 0) is 16.0 Å². The first-order valence-corrected chi connectivity index (χ1v) is 5.70. The molecule has 0 atom stereocenters. The molecule has 1 heterocycles. The van der Waals surface area contributed by atoms with Gasteiger partial charge in [-0.1, -0.05) is 5.16 Å². The van der Waals surface area contributed by atoms with Gasteiger partial charge in [0.1, 0.15) is 5.76 Å². The first-order chi connectivity index (χ1) is 7.86. The highest BCUT2D eigenvalue weighted by atomic mass is 16.7. The molecule has 16 heavy (non-hydrogen) atoms. The minimum Gasteiger partial charge on any atom is -0.360 e. The Kier molecular flexibility index (Phi) is 6.80. The lowest BCUT2D eigenvalue weighted by molar-refractivity contribution is -0.138.